The number of amidine groups is 1. The molecule has 0 atom stereocenters. The Bertz CT molecular complexity index is 1510. The number of phenols is 2. The summed E-state index contributed by atoms with van der Waals surface area (Å²) in [6.07, 6.45) is 0. The van der Waals surface area contributed by atoms with E-state index in [9.17, 15) is 25.2 Å². The number of hydrogen-bond donors (Lipinski definition) is 8. The number of ether oxygens (including phenoxy) is 1. The molecule has 10 N–H and O–H groups in total. The van der Waals surface area contributed by atoms with E-state index in [1.165, 1.54) is 18.2 Å². The average molecular weight is 506 g/mol. The van der Waals surface area contributed by atoms with Crippen molar-refractivity contribution in [2.45, 2.75) is 12.0 Å². The summed E-state index contributed by atoms with van der Waals surface area (Å²) >= 11 is 0. The van der Waals surface area contributed by atoms with Crippen LogP contribution in [0.3, 0.4) is 0 Å². The lowest BCUT2D eigenvalue weighted by Gasteiger charge is -2.28. The molecule has 192 valence electrons. The predicted octanol–water partition coefficient (Wildman–Crippen LogP) is 1.45. The summed E-state index contributed by atoms with van der Waals surface area (Å²) in [6, 6.07) is 12.4. The number of fused-ring (bicyclic) bond motifs is 1. The number of nitrogens with two attached hydrogens (primary N) is 2. The Morgan fingerprint density at radius 3 is 2.38 bits per heavy atom. The summed E-state index contributed by atoms with van der Waals surface area (Å²) < 4.78 is 4.87. The zero-order valence-electron chi connectivity index (χ0n) is 19.9. The number of aromatic hydroxyl groups is 2. The van der Waals surface area contributed by atoms with Gasteiger partial charge in [0, 0.05) is 23.2 Å². The molecule has 0 amide bonds. The second kappa shape index (κ2) is 9.90. The maximum Gasteiger partial charge on any atom is 0.321 e. The first-order valence-electron chi connectivity index (χ1n) is 11.2. The first-order chi connectivity index (χ1) is 17.7. The molecule has 4 rings (SSSR count). The van der Waals surface area contributed by atoms with Crippen molar-refractivity contribution in [2.24, 2.45) is 11.5 Å². The molecule has 0 aliphatic heterocycles. The van der Waals surface area contributed by atoms with E-state index in [4.69, 9.17) is 21.6 Å². The summed E-state index contributed by atoms with van der Waals surface area (Å²) in [7, 11) is 1.13. The number of methoxy groups -OCH3 is 1. The summed E-state index contributed by atoms with van der Waals surface area (Å²) in [6.45, 7) is -1.42. The highest BCUT2D eigenvalue weighted by atomic mass is 16.5. The third-order valence-corrected chi connectivity index (χ3v) is 6.41. The summed E-state index contributed by atoms with van der Waals surface area (Å²) in [5.74, 6) is -1.28. The van der Waals surface area contributed by atoms with Gasteiger partial charge in [0.2, 0.25) is 0 Å². The fourth-order valence-electron chi connectivity index (χ4n) is 4.20. The lowest BCUT2D eigenvalue weighted by atomic mass is 9.79. The molecule has 0 saturated heterocycles. The first kappa shape index (κ1) is 25.6. The lowest BCUT2D eigenvalue weighted by Crippen LogP contribution is -2.44. The molecular formula is C26H27N5O6. The van der Waals surface area contributed by atoms with Crippen LogP contribution in [-0.2, 0) is 21.5 Å². The Morgan fingerprint density at radius 1 is 1.05 bits per heavy atom. The fourth-order valence-corrected chi connectivity index (χ4v) is 4.20. The van der Waals surface area contributed by atoms with Gasteiger partial charge < -0.3 is 41.6 Å². The smallest absolute Gasteiger partial charge is 0.321 e. The highest BCUT2D eigenvalue weighted by Gasteiger charge is 2.42. The molecule has 0 unspecified atom stereocenters. The van der Waals surface area contributed by atoms with Gasteiger partial charge in [-0.3, -0.25) is 10.2 Å². The van der Waals surface area contributed by atoms with Gasteiger partial charge in [0.25, 0.3) is 0 Å². The molecular weight excluding hydrogens is 478 g/mol. The number of aliphatic hydroxyl groups excluding tert-OH is 2. The van der Waals surface area contributed by atoms with Crippen LogP contribution in [0.4, 0.5) is 0 Å². The number of aromatic nitrogens is 2. The number of benzene rings is 3. The van der Waals surface area contributed by atoms with Gasteiger partial charge in [0.05, 0.1) is 36.9 Å². The molecule has 0 saturated carbocycles. The monoisotopic (exact) mass is 505 g/mol. The average Bonchev–Trinajstić information content (AvgIpc) is 3.33. The molecule has 4 aromatic rings. The third-order valence-electron chi connectivity index (χ3n) is 6.41. The standard InChI is InChI=1S/C26H27N5O6/c1-37-25(36)26(11-32,12-33)15-8-17(16-6-13(10-27)2-5-21(16)34)22(35)18(9-15)24-30-19-4-3-14(23(28)29)7-20(19)31-24/h2-9,32-35H,10-12,27H2,1H3,(H3,28,29)(H,30,31). The van der Waals surface area contributed by atoms with Gasteiger partial charge in [-0.1, -0.05) is 6.07 Å². The number of aliphatic hydroxyl groups is 2. The number of phenolic OH excluding ortho intramolecular Hbond substituents is 2. The van der Waals surface area contributed by atoms with E-state index >= 15 is 0 Å². The van der Waals surface area contributed by atoms with E-state index in [-0.39, 0.29) is 52.0 Å². The van der Waals surface area contributed by atoms with Gasteiger partial charge in [0.15, 0.2) is 0 Å². The SMILES string of the molecule is COC(=O)C(CO)(CO)c1cc(-c2nc3cc(C(=N)N)ccc3[nH]2)c(O)c(-c2cc(CN)ccc2O)c1. The van der Waals surface area contributed by atoms with Crippen molar-refractivity contribution in [3.8, 4) is 34.0 Å². The second-order valence-corrected chi connectivity index (χ2v) is 8.60. The number of nitrogens with one attached hydrogen (secondary N) is 2. The fraction of sp³-hybridized carbons (Fsp3) is 0.192. The Morgan fingerprint density at radius 2 is 1.76 bits per heavy atom. The Balaban J connectivity index is 2.05. The van der Waals surface area contributed by atoms with Crippen LogP contribution >= 0.6 is 0 Å². The topological polar surface area (TPSA) is 212 Å². The number of carbonyl (C=O) groups excluding carboxylic acids is 1. The van der Waals surface area contributed by atoms with Crippen LogP contribution in [0.15, 0.2) is 48.5 Å². The van der Waals surface area contributed by atoms with Gasteiger partial charge in [0.1, 0.15) is 28.6 Å². The van der Waals surface area contributed by atoms with E-state index in [0.717, 1.165) is 7.11 Å². The quantitative estimate of drug-likeness (QED) is 0.0987. The van der Waals surface area contributed by atoms with Crippen molar-refractivity contribution in [3.63, 3.8) is 0 Å². The van der Waals surface area contributed by atoms with Crippen LogP contribution in [0.1, 0.15) is 16.7 Å². The molecule has 0 aliphatic carbocycles. The van der Waals surface area contributed by atoms with Crippen LogP contribution in [0.5, 0.6) is 11.5 Å². The second-order valence-electron chi connectivity index (χ2n) is 8.60. The minimum Gasteiger partial charge on any atom is -0.507 e. The molecule has 0 radical (unpaired) electrons. The van der Waals surface area contributed by atoms with Crippen LogP contribution in [0.25, 0.3) is 33.5 Å². The molecule has 0 aliphatic rings. The molecule has 37 heavy (non-hydrogen) atoms. The number of hydrogen-bond acceptors (Lipinski definition) is 9. The van der Waals surface area contributed by atoms with Crippen molar-refractivity contribution in [1.29, 1.82) is 5.41 Å². The molecule has 1 aromatic heterocycles. The summed E-state index contributed by atoms with van der Waals surface area (Å²) in [5, 5.41) is 50.1. The molecule has 1 heterocycles. The van der Waals surface area contributed by atoms with Crippen LogP contribution in [0.2, 0.25) is 0 Å². The van der Waals surface area contributed by atoms with Crippen molar-refractivity contribution in [3.05, 3.63) is 65.2 Å². The summed E-state index contributed by atoms with van der Waals surface area (Å²) in [5.41, 5.74) is 12.2. The minimum atomic E-state index is -1.87. The molecule has 0 spiro atoms. The zero-order chi connectivity index (χ0) is 26.9. The van der Waals surface area contributed by atoms with Crippen LogP contribution in [-0.4, -0.2) is 62.5 Å². The number of esters is 1. The Kier molecular flexibility index (Phi) is 6.86. The maximum atomic E-state index is 12.8. The number of H-pyrrole nitrogens is 1. The van der Waals surface area contributed by atoms with E-state index in [1.807, 2.05) is 0 Å². The largest absolute Gasteiger partial charge is 0.507 e. The van der Waals surface area contributed by atoms with Gasteiger partial charge >= 0.3 is 5.97 Å². The van der Waals surface area contributed by atoms with Crippen molar-refractivity contribution in [2.75, 3.05) is 20.3 Å². The molecule has 11 nitrogen and oxygen atoms in total. The molecule has 11 heteroatoms. The first-order valence-corrected chi connectivity index (χ1v) is 11.2. The Labute approximate surface area is 211 Å². The van der Waals surface area contributed by atoms with Gasteiger partial charge in [-0.25, -0.2) is 4.98 Å². The van der Waals surface area contributed by atoms with Crippen molar-refractivity contribution >= 4 is 22.8 Å². The highest BCUT2D eigenvalue weighted by Crippen LogP contribution is 2.44. The molecule has 3 aromatic carbocycles. The van der Waals surface area contributed by atoms with E-state index in [2.05, 4.69) is 9.97 Å². The molecule has 0 fully saturated rings. The number of carbonyl (C=O) groups is 1. The predicted molar refractivity (Wildman–Crippen MR) is 137 cm³/mol. The lowest BCUT2D eigenvalue weighted by molar-refractivity contribution is -0.151. The Hall–Kier alpha value is -4.45. The highest BCUT2D eigenvalue weighted by molar-refractivity contribution is 5.98. The number of imidazole rings is 1. The zero-order valence-corrected chi connectivity index (χ0v) is 19.9. The minimum absolute atomic E-state index is 0.111. The van der Waals surface area contributed by atoms with Gasteiger partial charge in [-0.05, 0) is 53.6 Å². The van der Waals surface area contributed by atoms with E-state index < -0.39 is 24.6 Å². The summed E-state index contributed by atoms with van der Waals surface area (Å²) in [4.78, 5) is 20.4. The van der Waals surface area contributed by atoms with Crippen LogP contribution < -0.4 is 11.5 Å². The number of aromatic amines is 1. The normalized spacial score (nSPS) is 11.6. The van der Waals surface area contributed by atoms with Crippen LogP contribution in [0, 0.1) is 5.41 Å². The number of rotatable bonds is 8. The maximum absolute atomic E-state index is 12.8. The van der Waals surface area contributed by atoms with Gasteiger partial charge in [-0.15, -0.1) is 0 Å². The number of nitrogen functional groups attached to an aromatic ring is 1. The van der Waals surface area contributed by atoms with E-state index in [1.54, 1.807) is 30.3 Å². The number of nitrogens with zero attached hydrogens (tertiary/aromatic N) is 1. The van der Waals surface area contributed by atoms with Crippen molar-refractivity contribution < 1.29 is 30.0 Å². The van der Waals surface area contributed by atoms with E-state index in [0.29, 0.717) is 22.2 Å². The third kappa shape index (κ3) is 4.35. The van der Waals surface area contributed by atoms with Crippen molar-refractivity contribution in [1.82, 2.24) is 9.97 Å². The van der Waals surface area contributed by atoms with Gasteiger partial charge in [-0.2, -0.15) is 0 Å². The molecule has 0 bridgehead atoms.